The summed E-state index contributed by atoms with van der Waals surface area (Å²) >= 11 is 0. The zero-order valence-electron chi connectivity index (χ0n) is 18.8. The van der Waals surface area contributed by atoms with E-state index in [0.717, 1.165) is 9.24 Å². The van der Waals surface area contributed by atoms with E-state index in [9.17, 15) is 9.59 Å². The van der Waals surface area contributed by atoms with E-state index in [0.29, 0.717) is 7.85 Å². The lowest BCUT2D eigenvalue weighted by molar-refractivity contribution is -0.185. The third kappa shape index (κ3) is 3.99. The number of ether oxygens (including phenoxy) is 2. The van der Waals surface area contributed by atoms with Crippen LogP contribution in [-0.4, -0.2) is 65.4 Å². The summed E-state index contributed by atoms with van der Waals surface area (Å²) in [5.74, 6) is -2.31. The second-order valence-electron chi connectivity index (χ2n) is 9.80. The third-order valence-electron chi connectivity index (χ3n) is 6.84. The molecule has 0 aromatic heterocycles. The average Bonchev–Trinajstić information content (AvgIpc) is 2.61. The van der Waals surface area contributed by atoms with E-state index < -0.39 is 68.3 Å². The highest BCUT2D eigenvalue weighted by molar-refractivity contribution is 7.32. The van der Waals surface area contributed by atoms with E-state index in [-0.39, 0.29) is 0 Å². The molecule has 11 atom stereocenters. The van der Waals surface area contributed by atoms with Gasteiger partial charge in [-0.25, -0.2) is 22.0 Å². The molecular weight excluding hydrogens is 529 g/mol. The molecule has 0 heterocycles. The van der Waals surface area contributed by atoms with Crippen molar-refractivity contribution in [2.75, 3.05) is 13.2 Å². The van der Waals surface area contributed by atoms with Gasteiger partial charge in [0.05, 0.1) is 5.41 Å². The van der Waals surface area contributed by atoms with Crippen LogP contribution in [0.3, 0.4) is 0 Å². The number of carbonyl (C=O) groups excluding carboxylic acids is 2. The predicted molar refractivity (Wildman–Crippen MR) is 134 cm³/mol. The number of hydrogen-bond donors (Lipinski definition) is 0. The number of alkyl halides is 5. The Bertz CT molecular complexity index is 754. The quantitative estimate of drug-likeness (QED) is 0.171. The lowest BCUT2D eigenvalue weighted by Gasteiger charge is -2.63. The average molecular weight is 560 g/mol. The van der Waals surface area contributed by atoms with Gasteiger partial charge in [-0.2, -0.15) is 0 Å². The highest BCUT2D eigenvalue weighted by Gasteiger charge is 2.88. The smallest absolute Gasteiger partial charge is 0.322 e. The monoisotopic (exact) mass is 560 g/mol. The maximum Gasteiger partial charge on any atom is 0.322 e. The highest BCUT2D eigenvalue weighted by atomic mass is 31.0. The van der Waals surface area contributed by atoms with E-state index in [1.165, 1.54) is 37.0 Å². The fourth-order valence-electron chi connectivity index (χ4n) is 3.00. The fourth-order valence-corrected chi connectivity index (χ4v) is 6.12. The molecule has 0 aliphatic heterocycles. The summed E-state index contributed by atoms with van der Waals surface area (Å²) in [5.41, 5.74) is -4.99. The van der Waals surface area contributed by atoms with Crippen LogP contribution in [0, 0.1) is 10.8 Å². The molecule has 15 heteroatoms. The number of rotatable bonds is 5. The molecule has 186 valence electrons. The van der Waals surface area contributed by atoms with E-state index in [2.05, 4.69) is 0 Å². The lowest BCUT2D eigenvalue weighted by Crippen LogP contribution is -2.84. The highest BCUT2D eigenvalue weighted by Crippen LogP contribution is 2.74. The van der Waals surface area contributed by atoms with Gasteiger partial charge < -0.3 is 9.47 Å². The Morgan fingerprint density at radius 2 is 1.12 bits per heavy atom. The van der Waals surface area contributed by atoms with Gasteiger partial charge in [-0.15, -0.1) is 9.24 Å². The van der Waals surface area contributed by atoms with Crippen LogP contribution in [0.25, 0.3) is 0 Å². The molecule has 0 saturated heterocycles. The maximum atomic E-state index is 15.7. The van der Waals surface area contributed by atoms with Crippen LogP contribution in [0.5, 0.6) is 0 Å². The topological polar surface area (TPSA) is 52.6 Å². The third-order valence-corrected chi connectivity index (χ3v) is 12.9. The standard InChI is InChI=1S/C17H31BF5O4P5/c1-10(2,3)11(4,5)8(24)26-6-7-27-9(25)12(28)13(18,19)15(21,30)17(23,32)16(22,31)14(12,20)29/h6-7,18,28-32H2,1-5H3. The van der Waals surface area contributed by atoms with Gasteiger partial charge in [0.15, 0.2) is 23.8 Å². The first-order valence-electron chi connectivity index (χ1n) is 9.53. The molecule has 0 aromatic rings. The molecule has 1 fully saturated rings. The van der Waals surface area contributed by atoms with Crippen molar-refractivity contribution >= 4 is 66.0 Å². The van der Waals surface area contributed by atoms with Crippen molar-refractivity contribution in [1.82, 2.24) is 0 Å². The van der Waals surface area contributed by atoms with E-state index in [4.69, 9.17) is 9.47 Å². The molecule has 11 unspecified atom stereocenters. The van der Waals surface area contributed by atoms with Crippen molar-refractivity contribution in [1.29, 1.82) is 0 Å². The second kappa shape index (κ2) is 8.73. The molecule has 0 aromatic carbocycles. The van der Waals surface area contributed by atoms with Crippen molar-refractivity contribution in [3.8, 4) is 0 Å². The fraction of sp³-hybridized carbons (Fsp3) is 0.882. The van der Waals surface area contributed by atoms with Crippen LogP contribution in [0.15, 0.2) is 0 Å². The number of halogens is 5. The van der Waals surface area contributed by atoms with E-state index in [1.54, 1.807) is 13.8 Å². The van der Waals surface area contributed by atoms with E-state index >= 15 is 22.0 Å². The first-order valence-corrected chi connectivity index (χ1v) is 12.4. The SMILES string of the molecule is BC1(F)C(F)(P)C(F)(P)C(F)(P)C(F)(P)C1(P)C(=O)OCCOC(=O)C(C)(C)C(C)(C)C. The van der Waals surface area contributed by atoms with Crippen molar-refractivity contribution in [3.05, 3.63) is 0 Å². The lowest BCUT2D eigenvalue weighted by atomic mass is 9.60. The number of esters is 2. The van der Waals surface area contributed by atoms with E-state index in [1.807, 2.05) is 20.8 Å². The normalized spacial score (nSPS) is 43.0. The van der Waals surface area contributed by atoms with Gasteiger partial charge in [0.1, 0.15) is 18.8 Å². The first-order chi connectivity index (χ1) is 13.8. The molecule has 0 amide bonds. The van der Waals surface area contributed by atoms with Gasteiger partial charge in [-0.1, -0.05) is 57.7 Å². The molecular formula is C17H31BF5O4P5. The van der Waals surface area contributed by atoms with Gasteiger partial charge in [0.2, 0.25) is 10.8 Å². The molecule has 1 aliphatic carbocycles. The second-order valence-corrected chi connectivity index (χ2v) is 13.9. The predicted octanol–water partition coefficient (Wildman–Crippen LogP) is 3.24. The molecule has 0 bridgehead atoms. The maximum absolute atomic E-state index is 15.7. The van der Waals surface area contributed by atoms with Gasteiger partial charge in [-0.3, -0.25) is 9.59 Å². The minimum absolute atomic E-state index is 0.441. The summed E-state index contributed by atoms with van der Waals surface area (Å²) < 4.78 is 87.1. The van der Waals surface area contributed by atoms with Gasteiger partial charge in [0, 0.05) is 0 Å². The number of hydrogen-bond acceptors (Lipinski definition) is 4. The van der Waals surface area contributed by atoms with Crippen molar-refractivity contribution < 1.29 is 41.0 Å². The first kappa shape index (κ1) is 30.8. The molecule has 1 aliphatic rings. The molecule has 1 saturated carbocycles. The molecule has 0 N–H and O–H groups in total. The Balaban J connectivity index is 3.15. The van der Waals surface area contributed by atoms with Crippen LogP contribution < -0.4 is 0 Å². The Kier molecular flexibility index (Phi) is 8.41. The van der Waals surface area contributed by atoms with Crippen LogP contribution in [0.4, 0.5) is 22.0 Å². The summed E-state index contributed by atoms with van der Waals surface area (Å²) in [6.45, 7) is 7.68. The molecule has 0 spiro atoms. The minimum Gasteiger partial charge on any atom is -0.462 e. The van der Waals surface area contributed by atoms with Gasteiger partial charge in [0.25, 0.3) is 0 Å². The van der Waals surface area contributed by atoms with Crippen LogP contribution >= 0.6 is 46.2 Å². The van der Waals surface area contributed by atoms with Crippen molar-refractivity contribution in [3.63, 3.8) is 0 Å². The van der Waals surface area contributed by atoms with Gasteiger partial charge >= 0.3 is 11.9 Å². The summed E-state index contributed by atoms with van der Waals surface area (Å²) in [5, 5.41) is -18.3. The Morgan fingerprint density at radius 1 is 0.750 bits per heavy atom. The molecule has 1 rings (SSSR count). The summed E-state index contributed by atoms with van der Waals surface area (Å²) in [6, 6.07) is 0. The van der Waals surface area contributed by atoms with Crippen LogP contribution in [0.2, 0.25) is 0 Å². The van der Waals surface area contributed by atoms with Crippen molar-refractivity contribution in [2.24, 2.45) is 10.8 Å². The zero-order valence-corrected chi connectivity index (χ0v) is 24.6. The van der Waals surface area contributed by atoms with Crippen molar-refractivity contribution in [2.45, 2.75) is 67.0 Å². The minimum atomic E-state index is -3.80. The van der Waals surface area contributed by atoms with Gasteiger partial charge in [-0.05, 0) is 19.3 Å². The zero-order chi connectivity index (χ0) is 26.0. The Morgan fingerprint density at radius 3 is 1.53 bits per heavy atom. The summed E-state index contributed by atoms with van der Waals surface area (Å²) in [7, 11) is 6.70. The largest absolute Gasteiger partial charge is 0.462 e. The Hall–Kier alpha value is 0.805. The molecule has 32 heavy (non-hydrogen) atoms. The van der Waals surface area contributed by atoms with Crippen LogP contribution in [-0.2, 0) is 19.1 Å². The molecule has 4 nitrogen and oxygen atoms in total. The summed E-state index contributed by atoms with van der Waals surface area (Å²) in [4.78, 5) is 25.1. The Labute approximate surface area is 198 Å². The van der Waals surface area contributed by atoms with Crippen LogP contribution in [0.1, 0.15) is 34.6 Å². The number of carbonyl (C=O) groups is 2. The summed E-state index contributed by atoms with van der Waals surface area (Å²) in [6.07, 6.45) is 0. The molecule has 0 radical (unpaired) electrons.